The van der Waals surface area contributed by atoms with Gasteiger partial charge in [0.25, 0.3) is 5.91 Å². The van der Waals surface area contributed by atoms with Gasteiger partial charge in [0.2, 0.25) is 5.91 Å². The number of ether oxygens (including phenoxy) is 1. The normalized spacial score (nSPS) is 17.6. The topological polar surface area (TPSA) is 85.5 Å². The second-order valence-electron chi connectivity index (χ2n) is 5.26. The molecule has 22 heavy (non-hydrogen) atoms. The highest BCUT2D eigenvalue weighted by Gasteiger charge is 2.32. The second kappa shape index (κ2) is 6.01. The molecule has 1 saturated heterocycles. The summed E-state index contributed by atoms with van der Waals surface area (Å²) in [5.41, 5.74) is 6.13. The van der Waals surface area contributed by atoms with Crippen LogP contribution in [-0.4, -0.2) is 40.9 Å². The van der Waals surface area contributed by atoms with E-state index in [0.29, 0.717) is 18.7 Å². The number of carbonyl (C=O) groups excluding carboxylic acids is 2. The average molecular weight is 299 g/mol. The van der Waals surface area contributed by atoms with Crippen LogP contribution in [0.25, 0.3) is 10.9 Å². The summed E-state index contributed by atoms with van der Waals surface area (Å²) in [5.74, 6) is -0.0730. The van der Waals surface area contributed by atoms with Gasteiger partial charge in [-0.2, -0.15) is 0 Å². The van der Waals surface area contributed by atoms with Crippen LogP contribution in [0, 0.1) is 0 Å². The molecule has 114 valence electrons. The van der Waals surface area contributed by atoms with Crippen LogP contribution < -0.4 is 10.5 Å². The van der Waals surface area contributed by atoms with Gasteiger partial charge in [0.05, 0.1) is 5.52 Å². The standard InChI is InChI=1S/C16H17N3O3/c17-16(21)13-6-3-9-19(13)15(20)10-22-14-7-8-18-12-5-2-1-4-11(12)14/h1-2,4-5,7-8,13H,3,6,9-10H2,(H2,17,21)/t13-/m0/s1. The summed E-state index contributed by atoms with van der Waals surface area (Å²) in [7, 11) is 0. The number of carbonyl (C=O) groups is 2. The Bertz CT molecular complexity index is 711. The fraction of sp³-hybridized carbons (Fsp3) is 0.312. The molecule has 1 aliphatic rings. The molecule has 2 amide bonds. The number of fused-ring (bicyclic) bond motifs is 1. The van der Waals surface area contributed by atoms with Gasteiger partial charge in [0.1, 0.15) is 11.8 Å². The first kappa shape index (κ1) is 14.3. The summed E-state index contributed by atoms with van der Waals surface area (Å²) in [5, 5.41) is 0.852. The summed E-state index contributed by atoms with van der Waals surface area (Å²) < 4.78 is 5.64. The van der Waals surface area contributed by atoms with Gasteiger partial charge < -0.3 is 15.4 Å². The van der Waals surface area contributed by atoms with Crippen molar-refractivity contribution < 1.29 is 14.3 Å². The van der Waals surface area contributed by atoms with E-state index in [-0.39, 0.29) is 12.5 Å². The number of nitrogens with zero attached hydrogens (tertiary/aromatic N) is 2. The molecule has 2 heterocycles. The van der Waals surface area contributed by atoms with Crippen LogP contribution in [0.3, 0.4) is 0 Å². The van der Waals surface area contributed by atoms with E-state index >= 15 is 0 Å². The van der Waals surface area contributed by atoms with E-state index in [1.54, 1.807) is 12.3 Å². The largest absolute Gasteiger partial charge is 0.483 e. The molecule has 0 radical (unpaired) electrons. The summed E-state index contributed by atoms with van der Waals surface area (Å²) in [6.45, 7) is 0.435. The Hall–Kier alpha value is -2.63. The van der Waals surface area contributed by atoms with E-state index < -0.39 is 11.9 Å². The zero-order valence-electron chi connectivity index (χ0n) is 12.1. The molecular formula is C16H17N3O3. The molecule has 0 aliphatic carbocycles. The van der Waals surface area contributed by atoms with Gasteiger partial charge in [0, 0.05) is 18.1 Å². The lowest BCUT2D eigenvalue weighted by Crippen LogP contribution is -2.45. The van der Waals surface area contributed by atoms with Crippen molar-refractivity contribution in [2.75, 3.05) is 13.2 Å². The number of rotatable bonds is 4. The Morgan fingerprint density at radius 2 is 2.14 bits per heavy atom. The molecule has 1 aromatic carbocycles. The molecule has 0 unspecified atom stereocenters. The molecule has 1 atom stereocenters. The van der Waals surface area contributed by atoms with Crippen LogP contribution in [0.2, 0.25) is 0 Å². The number of pyridine rings is 1. The summed E-state index contributed by atoms with van der Waals surface area (Å²) in [6.07, 6.45) is 3.06. The van der Waals surface area contributed by atoms with Crippen molar-refractivity contribution in [3.63, 3.8) is 0 Å². The fourth-order valence-electron chi connectivity index (χ4n) is 2.78. The number of primary amides is 1. The average Bonchev–Trinajstić information content (AvgIpc) is 3.02. The number of hydrogen-bond donors (Lipinski definition) is 1. The van der Waals surface area contributed by atoms with Crippen molar-refractivity contribution in [1.82, 2.24) is 9.88 Å². The van der Waals surface area contributed by atoms with Gasteiger partial charge in [-0.15, -0.1) is 0 Å². The fourth-order valence-corrected chi connectivity index (χ4v) is 2.78. The Labute approximate surface area is 127 Å². The van der Waals surface area contributed by atoms with E-state index in [2.05, 4.69) is 4.98 Å². The molecule has 1 aromatic heterocycles. The summed E-state index contributed by atoms with van der Waals surface area (Å²) in [4.78, 5) is 29.3. The van der Waals surface area contributed by atoms with Crippen molar-refractivity contribution in [2.45, 2.75) is 18.9 Å². The Balaban J connectivity index is 1.71. The number of amides is 2. The predicted octanol–water partition coefficient (Wildman–Crippen LogP) is 1.09. The van der Waals surface area contributed by atoms with Crippen molar-refractivity contribution in [2.24, 2.45) is 5.73 Å². The number of hydrogen-bond acceptors (Lipinski definition) is 4. The highest BCUT2D eigenvalue weighted by atomic mass is 16.5. The van der Waals surface area contributed by atoms with Crippen LogP contribution in [0.4, 0.5) is 0 Å². The maximum atomic E-state index is 12.2. The molecule has 6 nitrogen and oxygen atoms in total. The lowest BCUT2D eigenvalue weighted by Gasteiger charge is -2.22. The first-order valence-electron chi connectivity index (χ1n) is 7.22. The minimum absolute atomic E-state index is 0.113. The predicted molar refractivity (Wildman–Crippen MR) is 81.2 cm³/mol. The lowest BCUT2D eigenvalue weighted by molar-refractivity contribution is -0.138. The third-order valence-corrected chi connectivity index (χ3v) is 3.86. The van der Waals surface area contributed by atoms with E-state index in [1.165, 1.54) is 4.90 Å². The molecule has 2 N–H and O–H groups in total. The number of aromatic nitrogens is 1. The van der Waals surface area contributed by atoms with Gasteiger partial charge in [-0.05, 0) is 31.0 Å². The first-order chi connectivity index (χ1) is 10.7. The van der Waals surface area contributed by atoms with E-state index in [0.717, 1.165) is 17.3 Å². The summed E-state index contributed by atoms with van der Waals surface area (Å²) >= 11 is 0. The Kier molecular flexibility index (Phi) is 3.91. The third-order valence-electron chi connectivity index (χ3n) is 3.86. The van der Waals surface area contributed by atoms with Gasteiger partial charge >= 0.3 is 0 Å². The molecule has 1 fully saturated rings. The third kappa shape index (κ3) is 2.72. The van der Waals surface area contributed by atoms with Crippen LogP contribution in [0.15, 0.2) is 36.5 Å². The van der Waals surface area contributed by atoms with Gasteiger partial charge in [-0.1, -0.05) is 12.1 Å². The van der Waals surface area contributed by atoms with Crippen LogP contribution in [-0.2, 0) is 9.59 Å². The quantitative estimate of drug-likeness (QED) is 0.915. The summed E-state index contributed by atoms with van der Waals surface area (Å²) in [6, 6.07) is 8.78. The molecule has 0 spiro atoms. The van der Waals surface area contributed by atoms with Crippen LogP contribution in [0.5, 0.6) is 5.75 Å². The highest BCUT2D eigenvalue weighted by molar-refractivity contribution is 5.88. The number of para-hydroxylation sites is 1. The number of benzene rings is 1. The first-order valence-corrected chi connectivity index (χ1v) is 7.22. The van der Waals surface area contributed by atoms with Gasteiger partial charge in [0.15, 0.2) is 6.61 Å². The zero-order valence-corrected chi connectivity index (χ0v) is 12.1. The molecule has 0 bridgehead atoms. The van der Waals surface area contributed by atoms with Crippen molar-refractivity contribution in [3.05, 3.63) is 36.5 Å². The molecule has 3 rings (SSSR count). The highest BCUT2D eigenvalue weighted by Crippen LogP contribution is 2.24. The lowest BCUT2D eigenvalue weighted by atomic mass is 10.2. The zero-order chi connectivity index (χ0) is 15.5. The monoisotopic (exact) mass is 299 g/mol. The van der Waals surface area contributed by atoms with Gasteiger partial charge in [-0.25, -0.2) is 0 Å². The Morgan fingerprint density at radius 3 is 2.95 bits per heavy atom. The van der Waals surface area contributed by atoms with Crippen LogP contribution >= 0.6 is 0 Å². The van der Waals surface area contributed by atoms with E-state index in [1.807, 2.05) is 24.3 Å². The van der Waals surface area contributed by atoms with Crippen molar-refractivity contribution in [3.8, 4) is 5.75 Å². The SMILES string of the molecule is NC(=O)[C@@H]1CCCN1C(=O)COc1ccnc2ccccc12. The smallest absolute Gasteiger partial charge is 0.261 e. The van der Waals surface area contributed by atoms with Crippen LogP contribution in [0.1, 0.15) is 12.8 Å². The minimum atomic E-state index is -0.509. The van der Waals surface area contributed by atoms with E-state index in [9.17, 15) is 9.59 Å². The van der Waals surface area contributed by atoms with Crippen molar-refractivity contribution in [1.29, 1.82) is 0 Å². The molecule has 0 saturated carbocycles. The maximum Gasteiger partial charge on any atom is 0.261 e. The molecule has 2 aromatic rings. The second-order valence-corrected chi connectivity index (χ2v) is 5.26. The minimum Gasteiger partial charge on any atom is -0.483 e. The Morgan fingerprint density at radius 1 is 1.32 bits per heavy atom. The van der Waals surface area contributed by atoms with E-state index in [4.69, 9.17) is 10.5 Å². The number of likely N-dealkylation sites (tertiary alicyclic amines) is 1. The molecule has 6 heteroatoms. The molecular weight excluding hydrogens is 282 g/mol. The number of nitrogens with two attached hydrogens (primary N) is 1. The maximum absolute atomic E-state index is 12.2. The van der Waals surface area contributed by atoms with Gasteiger partial charge in [-0.3, -0.25) is 14.6 Å². The van der Waals surface area contributed by atoms with Crippen molar-refractivity contribution >= 4 is 22.7 Å². The molecule has 1 aliphatic heterocycles.